The van der Waals surface area contributed by atoms with E-state index in [1.165, 1.54) is 57.9 Å². The average Bonchev–Trinajstić information content (AvgIpc) is 2.35. The molecule has 1 unspecified atom stereocenters. The van der Waals surface area contributed by atoms with Crippen LogP contribution in [-0.2, 0) is 0 Å². The standard InChI is InChI=1S/C15H33NS/c1-5-7-9-11-15(12-10-8-6-2)16-13-14(3)17-4/h14-16H,5-13H2,1-4H3. The van der Waals surface area contributed by atoms with Gasteiger partial charge >= 0.3 is 0 Å². The van der Waals surface area contributed by atoms with Gasteiger partial charge in [-0.2, -0.15) is 11.8 Å². The third-order valence-electron chi connectivity index (χ3n) is 3.41. The zero-order chi connectivity index (χ0) is 12.9. The van der Waals surface area contributed by atoms with Crippen molar-refractivity contribution in [3.8, 4) is 0 Å². The second kappa shape index (κ2) is 12.8. The highest BCUT2D eigenvalue weighted by Crippen LogP contribution is 2.12. The van der Waals surface area contributed by atoms with E-state index in [0.29, 0.717) is 0 Å². The van der Waals surface area contributed by atoms with Crippen LogP contribution in [0.25, 0.3) is 0 Å². The van der Waals surface area contributed by atoms with Crippen molar-refractivity contribution >= 4 is 11.8 Å². The molecule has 0 bridgehead atoms. The molecule has 0 fully saturated rings. The van der Waals surface area contributed by atoms with Crippen LogP contribution in [0, 0.1) is 0 Å². The quantitative estimate of drug-likeness (QED) is 0.502. The maximum Gasteiger partial charge on any atom is 0.0141 e. The van der Waals surface area contributed by atoms with Crippen LogP contribution in [0.15, 0.2) is 0 Å². The molecule has 1 nitrogen and oxygen atoms in total. The van der Waals surface area contributed by atoms with E-state index in [2.05, 4.69) is 32.3 Å². The van der Waals surface area contributed by atoms with E-state index in [0.717, 1.165) is 11.3 Å². The first-order chi connectivity index (χ1) is 8.24. The molecule has 0 saturated carbocycles. The highest BCUT2D eigenvalue weighted by Gasteiger charge is 2.09. The lowest BCUT2D eigenvalue weighted by Gasteiger charge is -2.20. The van der Waals surface area contributed by atoms with Gasteiger partial charge in [-0.15, -0.1) is 0 Å². The third-order valence-corrected chi connectivity index (χ3v) is 4.38. The first-order valence-electron chi connectivity index (χ1n) is 7.50. The van der Waals surface area contributed by atoms with Crippen molar-refractivity contribution < 1.29 is 0 Å². The summed E-state index contributed by atoms with van der Waals surface area (Å²) < 4.78 is 0. The van der Waals surface area contributed by atoms with Gasteiger partial charge in [-0.1, -0.05) is 59.3 Å². The fourth-order valence-corrected chi connectivity index (χ4v) is 2.31. The highest BCUT2D eigenvalue weighted by molar-refractivity contribution is 7.99. The summed E-state index contributed by atoms with van der Waals surface area (Å²) in [4.78, 5) is 0. The first-order valence-corrected chi connectivity index (χ1v) is 8.79. The van der Waals surface area contributed by atoms with Crippen molar-refractivity contribution in [2.24, 2.45) is 0 Å². The molecule has 0 aliphatic heterocycles. The summed E-state index contributed by atoms with van der Waals surface area (Å²) in [6.07, 6.45) is 13.2. The molecule has 0 aromatic heterocycles. The molecule has 0 aliphatic carbocycles. The molecule has 17 heavy (non-hydrogen) atoms. The van der Waals surface area contributed by atoms with Crippen molar-refractivity contribution in [1.29, 1.82) is 0 Å². The van der Waals surface area contributed by atoms with Gasteiger partial charge in [0, 0.05) is 17.8 Å². The minimum Gasteiger partial charge on any atom is -0.313 e. The second-order valence-corrected chi connectivity index (χ2v) is 6.42. The molecule has 0 amide bonds. The Morgan fingerprint density at radius 1 is 0.941 bits per heavy atom. The summed E-state index contributed by atoms with van der Waals surface area (Å²) in [5.41, 5.74) is 0. The Labute approximate surface area is 114 Å². The fraction of sp³-hybridized carbons (Fsp3) is 1.00. The van der Waals surface area contributed by atoms with Gasteiger partial charge in [0.1, 0.15) is 0 Å². The van der Waals surface area contributed by atoms with Crippen LogP contribution in [0.3, 0.4) is 0 Å². The normalized spacial score (nSPS) is 13.2. The topological polar surface area (TPSA) is 12.0 Å². The smallest absolute Gasteiger partial charge is 0.0141 e. The molecule has 0 spiro atoms. The molecule has 0 heterocycles. The maximum atomic E-state index is 3.77. The van der Waals surface area contributed by atoms with Crippen LogP contribution < -0.4 is 5.32 Å². The molecule has 1 atom stereocenters. The number of hydrogen-bond acceptors (Lipinski definition) is 2. The largest absolute Gasteiger partial charge is 0.313 e. The zero-order valence-electron chi connectivity index (χ0n) is 12.4. The number of unbranched alkanes of at least 4 members (excludes halogenated alkanes) is 4. The van der Waals surface area contributed by atoms with Crippen molar-refractivity contribution in [3.05, 3.63) is 0 Å². The Kier molecular flexibility index (Phi) is 13.0. The molecular formula is C15H33NS. The molecule has 2 heteroatoms. The molecule has 0 aliphatic rings. The predicted molar refractivity (Wildman–Crippen MR) is 83.1 cm³/mol. The van der Waals surface area contributed by atoms with Crippen molar-refractivity contribution in [2.75, 3.05) is 12.8 Å². The van der Waals surface area contributed by atoms with Crippen LogP contribution in [-0.4, -0.2) is 24.1 Å². The van der Waals surface area contributed by atoms with Crippen molar-refractivity contribution in [2.45, 2.75) is 83.4 Å². The lowest BCUT2D eigenvalue weighted by atomic mass is 10.0. The van der Waals surface area contributed by atoms with Gasteiger partial charge in [0.15, 0.2) is 0 Å². The summed E-state index contributed by atoms with van der Waals surface area (Å²) >= 11 is 1.96. The summed E-state index contributed by atoms with van der Waals surface area (Å²) in [7, 11) is 0. The Morgan fingerprint density at radius 2 is 1.47 bits per heavy atom. The number of hydrogen-bond donors (Lipinski definition) is 1. The van der Waals surface area contributed by atoms with E-state index >= 15 is 0 Å². The molecule has 104 valence electrons. The lowest BCUT2D eigenvalue weighted by molar-refractivity contribution is 0.421. The number of nitrogens with one attached hydrogen (secondary N) is 1. The van der Waals surface area contributed by atoms with E-state index in [9.17, 15) is 0 Å². The number of thioether (sulfide) groups is 1. The predicted octanol–water partition coefficient (Wildman–Crippen LogP) is 4.86. The van der Waals surface area contributed by atoms with Crippen LogP contribution in [0.5, 0.6) is 0 Å². The van der Waals surface area contributed by atoms with Crippen LogP contribution in [0.1, 0.15) is 72.1 Å². The minimum absolute atomic E-state index is 0.745. The Balaban J connectivity index is 3.75. The van der Waals surface area contributed by atoms with Crippen molar-refractivity contribution in [3.63, 3.8) is 0 Å². The second-order valence-electron chi connectivity index (χ2n) is 5.14. The zero-order valence-corrected chi connectivity index (χ0v) is 13.2. The van der Waals surface area contributed by atoms with Gasteiger partial charge in [0.25, 0.3) is 0 Å². The highest BCUT2D eigenvalue weighted by atomic mass is 32.2. The Hall–Kier alpha value is 0.310. The summed E-state index contributed by atoms with van der Waals surface area (Å²) in [5.74, 6) is 0. The van der Waals surface area contributed by atoms with Gasteiger partial charge in [0.05, 0.1) is 0 Å². The van der Waals surface area contributed by atoms with Crippen molar-refractivity contribution in [1.82, 2.24) is 5.32 Å². The van der Waals surface area contributed by atoms with Crippen LogP contribution in [0.4, 0.5) is 0 Å². The van der Waals surface area contributed by atoms with Crippen LogP contribution in [0.2, 0.25) is 0 Å². The molecule has 1 N–H and O–H groups in total. The SMILES string of the molecule is CCCCCC(CCCCC)NCC(C)SC. The van der Waals surface area contributed by atoms with Gasteiger partial charge in [0.2, 0.25) is 0 Å². The van der Waals surface area contributed by atoms with E-state index in [-0.39, 0.29) is 0 Å². The summed E-state index contributed by atoms with van der Waals surface area (Å²) in [5, 5.41) is 4.51. The van der Waals surface area contributed by atoms with E-state index in [4.69, 9.17) is 0 Å². The molecular weight excluding hydrogens is 226 g/mol. The maximum absolute atomic E-state index is 3.77. The lowest BCUT2D eigenvalue weighted by Crippen LogP contribution is -2.33. The third kappa shape index (κ3) is 11.1. The molecule has 0 saturated heterocycles. The van der Waals surface area contributed by atoms with Gasteiger partial charge in [-0.3, -0.25) is 0 Å². The summed E-state index contributed by atoms with van der Waals surface area (Å²) in [6.45, 7) is 8.06. The van der Waals surface area contributed by atoms with E-state index in [1.807, 2.05) is 11.8 Å². The Bertz CT molecular complexity index is 140. The monoisotopic (exact) mass is 259 g/mol. The average molecular weight is 260 g/mol. The van der Waals surface area contributed by atoms with E-state index in [1.54, 1.807) is 0 Å². The van der Waals surface area contributed by atoms with E-state index < -0.39 is 0 Å². The van der Waals surface area contributed by atoms with Gasteiger partial charge < -0.3 is 5.32 Å². The molecule has 0 rings (SSSR count). The Morgan fingerprint density at radius 3 is 1.88 bits per heavy atom. The van der Waals surface area contributed by atoms with Crippen LogP contribution >= 0.6 is 11.8 Å². The van der Waals surface area contributed by atoms with Gasteiger partial charge in [-0.25, -0.2) is 0 Å². The molecule has 0 aromatic rings. The first kappa shape index (κ1) is 17.3. The fourth-order valence-electron chi connectivity index (χ4n) is 2.05. The number of rotatable bonds is 12. The molecule has 0 aromatic carbocycles. The minimum atomic E-state index is 0.745. The van der Waals surface area contributed by atoms with Gasteiger partial charge in [-0.05, 0) is 19.1 Å². The summed E-state index contributed by atoms with van der Waals surface area (Å²) in [6, 6.07) is 0.766. The molecule has 0 radical (unpaired) electrons.